The molecule has 3 rings (SSSR count). The van der Waals surface area contributed by atoms with E-state index in [1.807, 2.05) is 17.0 Å². The average Bonchev–Trinajstić information content (AvgIpc) is 3.01. The summed E-state index contributed by atoms with van der Waals surface area (Å²) in [5.74, 6) is 0.913. The smallest absolute Gasteiger partial charge is 0.137 e. The molecule has 1 fully saturated rings. The fraction of sp³-hybridized carbons (Fsp3) is 0.429. The first kappa shape index (κ1) is 11.3. The first-order chi connectivity index (χ1) is 8.75. The molecule has 94 valence electrons. The Kier molecular flexibility index (Phi) is 2.78. The molecule has 1 aliphatic rings. The van der Waals surface area contributed by atoms with Gasteiger partial charge in [-0.2, -0.15) is 0 Å². The Balaban J connectivity index is 1.87. The highest BCUT2D eigenvalue weighted by molar-refractivity contribution is 5.49. The van der Waals surface area contributed by atoms with Gasteiger partial charge in [0.1, 0.15) is 12.1 Å². The lowest BCUT2D eigenvalue weighted by Gasteiger charge is -2.28. The molecule has 2 aromatic rings. The molecule has 0 radical (unpaired) electrons. The van der Waals surface area contributed by atoms with Crippen molar-refractivity contribution >= 4 is 5.69 Å². The minimum absolute atomic E-state index is 0.612. The Morgan fingerprint density at radius 1 is 1.17 bits per heavy atom. The zero-order chi connectivity index (χ0) is 12.5. The van der Waals surface area contributed by atoms with Gasteiger partial charge in [0.25, 0.3) is 0 Å². The molecule has 0 bridgehead atoms. The lowest BCUT2D eigenvalue weighted by Crippen LogP contribution is -2.32. The zero-order valence-electron chi connectivity index (χ0n) is 10.8. The van der Waals surface area contributed by atoms with Crippen molar-refractivity contribution in [2.24, 2.45) is 0 Å². The summed E-state index contributed by atoms with van der Waals surface area (Å²) < 4.78 is 1.92. The Bertz CT molecular complexity index is 493. The molecule has 18 heavy (non-hydrogen) atoms. The molecule has 2 atom stereocenters. The van der Waals surface area contributed by atoms with Gasteiger partial charge < -0.3 is 4.90 Å². The standard InChI is InChI=1S/C14H18N4/c1-11-3-4-12(2)18(11)13-5-6-14(16-9-13)17-8-7-15-10-17/h5-12H,3-4H2,1-2H3. The SMILES string of the molecule is CC1CCC(C)N1c1ccc(-n2ccnc2)nc1. The van der Waals surface area contributed by atoms with E-state index in [0.717, 1.165) is 5.82 Å². The fourth-order valence-corrected chi connectivity index (χ4v) is 2.78. The second-order valence-electron chi connectivity index (χ2n) is 5.03. The van der Waals surface area contributed by atoms with E-state index < -0.39 is 0 Å². The monoisotopic (exact) mass is 242 g/mol. The fourth-order valence-electron chi connectivity index (χ4n) is 2.78. The summed E-state index contributed by atoms with van der Waals surface area (Å²) in [4.78, 5) is 11.0. The van der Waals surface area contributed by atoms with Crippen molar-refractivity contribution in [2.75, 3.05) is 4.90 Å². The molecule has 2 unspecified atom stereocenters. The summed E-state index contributed by atoms with van der Waals surface area (Å²) in [6.45, 7) is 4.57. The number of pyridine rings is 1. The first-order valence-corrected chi connectivity index (χ1v) is 6.48. The molecule has 4 nitrogen and oxygen atoms in total. The van der Waals surface area contributed by atoms with Gasteiger partial charge in [-0.05, 0) is 38.8 Å². The second kappa shape index (κ2) is 4.44. The maximum atomic E-state index is 4.52. The van der Waals surface area contributed by atoms with E-state index in [-0.39, 0.29) is 0 Å². The van der Waals surface area contributed by atoms with E-state index in [9.17, 15) is 0 Å². The summed E-state index contributed by atoms with van der Waals surface area (Å²) >= 11 is 0. The summed E-state index contributed by atoms with van der Waals surface area (Å²) in [5.41, 5.74) is 1.22. The molecule has 1 aliphatic heterocycles. The van der Waals surface area contributed by atoms with Crippen LogP contribution in [0.1, 0.15) is 26.7 Å². The van der Waals surface area contributed by atoms with E-state index in [1.54, 1.807) is 12.5 Å². The number of anilines is 1. The number of rotatable bonds is 2. The van der Waals surface area contributed by atoms with Gasteiger partial charge in [0.15, 0.2) is 0 Å². The van der Waals surface area contributed by atoms with Gasteiger partial charge in [0.2, 0.25) is 0 Å². The number of aromatic nitrogens is 3. The molecule has 0 N–H and O–H groups in total. The summed E-state index contributed by atoms with van der Waals surface area (Å²) in [6.07, 6.45) is 9.94. The molecule has 3 heterocycles. The Hall–Kier alpha value is -1.84. The van der Waals surface area contributed by atoms with E-state index in [1.165, 1.54) is 18.5 Å². The number of nitrogens with zero attached hydrogens (tertiary/aromatic N) is 4. The summed E-state index contributed by atoms with van der Waals surface area (Å²) in [5, 5.41) is 0. The van der Waals surface area contributed by atoms with Crippen molar-refractivity contribution in [3.05, 3.63) is 37.1 Å². The number of hydrogen-bond donors (Lipinski definition) is 0. The maximum Gasteiger partial charge on any atom is 0.137 e. The highest BCUT2D eigenvalue weighted by atomic mass is 15.2. The minimum atomic E-state index is 0.612. The van der Waals surface area contributed by atoms with Crippen LogP contribution in [0, 0.1) is 0 Å². The van der Waals surface area contributed by atoms with Crippen LogP contribution in [0.25, 0.3) is 5.82 Å². The first-order valence-electron chi connectivity index (χ1n) is 6.48. The van der Waals surface area contributed by atoms with E-state index in [0.29, 0.717) is 12.1 Å². The third kappa shape index (κ3) is 1.88. The van der Waals surface area contributed by atoms with Crippen LogP contribution in [-0.4, -0.2) is 26.6 Å². The number of imidazole rings is 1. The van der Waals surface area contributed by atoms with Crippen LogP contribution in [0.2, 0.25) is 0 Å². The van der Waals surface area contributed by atoms with Crippen LogP contribution < -0.4 is 4.90 Å². The summed E-state index contributed by atoms with van der Waals surface area (Å²) in [6, 6.07) is 5.43. The second-order valence-corrected chi connectivity index (χ2v) is 5.03. The van der Waals surface area contributed by atoms with Crippen molar-refractivity contribution in [3.63, 3.8) is 0 Å². The zero-order valence-corrected chi connectivity index (χ0v) is 10.8. The van der Waals surface area contributed by atoms with E-state index >= 15 is 0 Å². The highest BCUT2D eigenvalue weighted by Gasteiger charge is 2.27. The normalized spacial score (nSPS) is 23.6. The highest BCUT2D eigenvalue weighted by Crippen LogP contribution is 2.29. The Labute approximate surface area is 107 Å². The molecule has 4 heteroatoms. The van der Waals surface area contributed by atoms with Crippen LogP contribution in [0.15, 0.2) is 37.1 Å². The molecule has 2 aromatic heterocycles. The van der Waals surface area contributed by atoms with Crippen LogP contribution in [0.3, 0.4) is 0 Å². The van der Waals surface area contributed by atoms with Crippen LogP contribution in [0.5, 0.6) is 0 Å². The van der Waals surface area contributed by atoms with Crippen LogP contribution in [-0.2, 0) is 0 Å². The third-order valence-electron chi connectivity index (χ3n) is 3.75. The van der Waals surface area contributed by atoms with E-state index in [4.69, 9.17) is 0 Å². The summed E-state index contributed by atoms with van der Waals surface area (Å²) in [7, 11) is 0. The van der Waals surface area contributed by atoms with Crippen LogP contribution >= 0.6 is 0 Å². The van der Waals surface area contributed by atoms with Gasteiger partial charge in [-0.1, -0.05) is 0 Å². The van der Waals surface area contributed by atoms with Crippen LogP contribution in [0.4, 0.5) is 5.69 Å². The van der Waals surface area contributed by atoms with Crippen molar-refractivity contribution in [1.82, 2.24) is 14.5 Å². The van der Waals surface area contributed by atoms with Gasteiger partial charge in [0, 0.05) is 24.5 Å². The van der Waals surface area contributed by atoms with Gasteiger partial charge >= 0.3 is 0 Å². The molecular formula is C14H18N4. The van der Waals surface area contributed by atoms with Crippen molar-refractivity contribution < 1.29 is 0 Å². The quantitative estimate of drug-likeness (QED) is 0.812. The maximum absolute atomic E-state index is 4.52. The molecular weight excluding hydrogens is 224 g/mol. The van der Waals surface area contributed by atoms with Crippen molar-refractivity contribution in [2.45, 2.75) is 38.8 Å². The minimum Gasteiger partial charge on any atom is -0.365 e. The Morgan fingerprint density at radius 2 is 1.94 bits per heavy atom. The van der Waals surface area contributed by atoms with E-state index in [2.05, 4.69) is 40.8 Å². The number of hydrogen-bond acceptors (Lipinski definition) is 3. The molecule has 0 aromatic carbocycles. The third-order valence-corrected chi connectivity index (χ3v) is 3.75. The van der Waals surface area contributed by atoms with Gasteiger partial charge in [-0.25, -0.2) is 9.97 Å². The van der Waals surface area contributed by atoms with Crippen molar-refractivity contribution in [3.8, 4) is 5.82 Å². The molecule has 0 saturated carbocycles. The predicted molar refractivity (Wildman–Crippen MR) is 72.0 cm³/mol. The largest absolute Gasteiger partial charge is 0.365 e. The molecule has 0 aliphatic carbocycles. The Morgan fingerprint density at radius 3 is 2.50 bits per heavy atom. The predicted octanol–water partition coefficient (Wildman–Crippen LogP) is 2.64. The van der Waals surface area contributed by atoms with Gasteiger partial charge in [0.05, 0.1) is 11.9 Å². The van der Waals surface area contributed by atoms with Gasteiger partial charge in [-0.3, -0.25) is 4.57 Å². The van der Waals surface area contributed by atoms with Gasteiger partial charge in [-0.15, -0.1) is 0 Å². The molecule has 0 spiro atoms. The molecule has 1 saturated heterocycles. The molecule has 0 amide bonds. The lowest BCUT2D eigenvalue weighted by molar-refractivity contribution is 0.692. The lowest BCUT2D eigenvalue weighted by atomic mass is 10.2. The topological polar surface area (TPSA) is 34.0 Å². The van der Waals surface area contributed by atoms with Crippen molar-refractivity contribution in [1.29, 1.82) is 0 Å². The average molecular weight is 242 g/mol.